The van der Waals surface area contributed by atoms with Gasteiger partial charge in [-0.3, -0.25) is 4.79 Å². The van der Waals surface area contributed by atoms with Gasteiger partial charge >= 0.3 is 0 Å². The van der Waals surface area contributed by atoms with Crippen molar-refractivity contribution < 1.29 is 9.53 Å². The zero-order valence-electron chi connectivity index (χ0n) is 12.5. The first-order valence-corrected chi connectivity index (χ1v) is 7.37. The number of carbonyl (C=O) groups excluding carboxylic acids is 1. The fourth-order valence-electron chi connectivity index (χ4n) is 2.66. The van der Waals surface area contributed by atoms with Gasteiger partial charge in [-0.25, -0.2) is 4.98 Å². The van der Waals surface area contributed by atoms with Crippen LogP contribution in [0, 0.1) is 0 Å². The summed E-state index contributed by atoms with van der Waals surface area (Å²) in [6.45, 7) is 1.69. The summed E-state index contributed by atoms with van der Waals surface area (Å²) < 4.78 is 5.15. The Kier molecular flexibility index (Phi) is 4.23. The minimum atomic E-state index is -0.0632. The quantitative estimate of drug-likeness (QED) is 0.939. The lowest BCUT2D eigenvalue weighted by molar-refractivity contribution is 0.0940. The Morgan fingerprint density at radius 1 is 1.32 bits per heavy atom. The van der Waals surface area contributed by atoms with Crippen molar-refractivity contribution in [1.82, 2.24) is 10.3 Å². The van der Waals surface area contributed by atoms with E-state index in [9.17, 15) is 4.79 Å². The Balaban J connectivity index is 1.61. The van der Waals surface area contributed by atoms with Crippen molar-refractivity contribution in [3.05, 3.63) is 54.2 Å². The fourth-order valence-corrected chi connectivity index (χ4v) is 2.66. The van der Waals surface area contributed by atoms with Gasteiger partial charge in [0.05, 0.1) is 7.11 Å². The largest absolute Gasteiger partial charge is 0.497 e. The molecular formula is C17H19N3O2. The highest BCUT2D eigenvalue weighted by atomic mass is 16.5. The molecule has 1 saturated heterocycles. The molecule has 5 heteroatoms. The van der Waals surface area contributed by atoms with Crippen molar-refractivity contribution in [2.75, 3.05) is 25.1 Å². The molecule has 5 nitrogen and oxygen atoms in total. The third-order valence-corrected chi connectivity index (χ3v) is 3.83. The van der Waals surface area contributed by atoms with E-state index >= 15 is 0 Å². The maximum absolute atomic E-state index is 12.3. The van der Waals surface area contributed by atoms with Gasteiger partial charge in [0.1, 0.15) is 11.6 Å². The highest BCUT2D eigenvalue weighted by molar-refractivity contribution is 5.94. The molecule has 1 amide bonds. The highest BCUT2D eigenvalue weighted by Crippen LogP contribution is 2.18. The second kappa shape index (κ2) is 6.47. The zero-order chi connectivity index (χ0) is 15.4. The average molecular weight is 297 g/mol. The van der Waals surface area contributed by atoms with Gasteiger partial charge < -0.3 is 15.0 Å². The number of rotatable bonds is 4. The Hall–Kier alpha value is -2.56. The molecule has 1 atom stereocenters. The molecule has 114 valence electrons. The van der Waals surface area contributed by atoms with Crippen LogP contribution in [0.25, 0.3) is 0 Å². The van der Waals surface area contributed by atoms with Gasteiger partial charge in [-0.05, 0) is 36.8 Å². The number of methoxy groups -OCH3 is 1. The van der Waals surface area contributed by atoms with Crippen molar-refractivity contribution in [3.8, 4) is 5.75 Å². The van der Waals surface area contributed by atoms with Crippen LogP contribution in [0.2, 0.25) is 0 Å². The summed E-state index contributed by atoms with van der Waals surface area (Å²) in [5.41, 5.74) is 0.621. The molecule has 0 saturated carbocycles. The fraction of sp³-hybridized carbons (Fsp3) is 0.294. The average Bonchev–Trinajstić information content (AvgIpc) is 3.04. The van der Waals surface area contributed by atoms with Crippen LogP contribution in [0.15, 0.2) is 48.7 Å². The first kappa shape index (κ1) is 14.4. The second-order valence-electron chi connectivity index (χ2n) is 5.32. The summed E-state index contributed by atoms with van der Waals surface area (Å²) in [6.07, 6.45) is 2.71. The predicted octanol–water partition coefficient (Wildman–Crippen LogP) is 2.10. The minimum absolute atomic E-state index is 0.0632. The van der Waals surface area contributed by atoms with Gasteiger partial charge in [0.25, 0.3) is 5.91 Å². The molecule has 0 radical (unpaired) electrons. The van der Waals surface area contributed by atoms with E-state index in [0.29, 0.717) is 11.3 Å². The van der Waals surface area contributed by atoms with Crippen LogP contribution >= 0.6 is 0 Å². The van der Waals surface area contributed by atoms with Crippen molar-refractivity contribution >= 4 is 11.7 Å². The standard InChI is InChI=1S/C17H19N3O2/c1-22-15-6-4-5-13(11-15)17(21)19-14-8-10-20(12-14)16-7-2-3-9-18-16/h2-7,9,11,14H,8,10,12H2,1H3,(H,19,21). The van der Waals surface area contributed by atoms with Crippen LogP contribution in [0.5, 0.6) is 5.75 Å². The van der Waals surface area contributed by atoms with Crippen LogP contribution in [0.3, 0.4) is 0 Å². The molecule has 3 rings (SSSR count). The van der Waals surface area contributed by atoms with Crippen LogP contribution in [-0.2, 0) is 0 Å². The number of carbonyl (C=O) groups is 1. The topological polar surface area (TPSA) is 54.5 Å². The van der Waals surface area contributed by atoms with Gasteiger partial charge in [0, 0.05) is 30.9 Å². The van der Waals surface area contributed by atoms with Crippen LogP contribution < -0.4 is 15.0 Å². The highest BCUT2D eigenvalue weighted by Gasteiger charge is 2.25. The number of hydrogen-bond acceptors (Lipinski definition) is 4. The van der Waals surface area contributed by atoms with E-state index in [0.717, 1.165) is 25.3 Å². The van der Waals surface area contributed by atoms with Crippen molar-refractivity contribution in [2.24, 2.45) is 0 Å². The Labute approximate surface area is 129 Å². The van der Waals surface area contributed by atoms with Gasteiger partial charge in [-0.15, -0.1) is 0 Å². The third kappa shape index (κ3) is 3.19. The maximum atomic E-state index is 12.3. The summed E-state index contributed by atoms with van der Waals surface area (Å²) in [6, 6.07) is 13.2. The van der Waals surface area contributed by atoms with E-state index in [1.165, 1.54) is 0 Å². The molecule has 0 aliphatic carbocycles. The molecule has 1 aliphatic rings. The van der Waals surface area contributed by atoms with E-state index in [2.05, 4.69) is 15.2 Å². The normalized spacial score (nSPS) is 17.3. The monoisotopic (exact) mass is 297 g/mol. The Bertz CT molecular complexity index is 645. The molecule has 1 unspecified atom stereocenters. The molecule has 2 heterocycles. The number of pyridine rings is 1. The first-order valence-electron chi connectivity index (χ1n) is 7.37. The first-order chi connectivity index (χ1) is 10.8. The molecule has 0 bridgehead atoms. The van der Waals surface area contributed by atoms with Crippen molar-refractivity contribution in [1.29, 1.82) is 0 Å². The molecule has 22 heavy (non-hydrogen) atoms. The number of nitrogens with one attached hydrogen (secondary N) is 1. The van der Waals surface area contributed by atoms with Gasteiger partial charge in [-0.1, -0.05) is 12.1 Å². The molecule has 1 fully saturated rings. The van der Waals surface area contributed by atoms with Gasteiger partial charge in [0.15, 0.2) is 0 Å². The maximum Gasteiger partial charge on any atom is 0.251 e. The number of ether oxygens (including phenoxy) is 1. The summed E-state index contributed by atoms with van der Waals surface area (Å²) >= 11 is 0. The SMILES string of the molecule is COc1cccc(C(=O)NC2CCN(c3ccccn3)C2)c1. The molecule has 1 aliphatic heterocycles. The van der Waals surface area contributed by atoms with E-state index in [1.807, 2.05) is 30.3 Å². The van der Waals surface area contributed by atoms with E-state index in [-0.39, 0.29) is 11.9 Å². The number of nitrogens with zero attached hydrogens (tertiary/aromatic N) is 2. The lowest BCUT2D eigenvalue weighted by atomic mass is 10.2. The predicted molar refractivity (Wildman–Crippen MR) is 85.3 cm³/mol. The van der Waals surface area contributed by atoms with Crippen LogP contribution in [0.1, 0.15) is 16.8 Å². The molecule has 0 spiro atoms. The Morgan fingerprint density at radius 2 is 2.23 bits per heavy atom. The summed E-state index contributed by atoms with van der Waals surface area (Å²) in [5.74, 6) is 1.58. The zero-order valence-corrected chi connectivity index (χ0v) is 12.5. The Morgan fingerprint density at radius 3 is 3.00 bits per heavy atom. The molecular weight excluding hydrogens is 278 g/mol. The number of aromatic nitrogens is 1. The lowest BCUT2D eigenvalue weighted by Gasteiger charge is -2.17. The lowest BCUT2D eigenvalue weighted by Crippen LogP contribution is -2.37. The smallest absolute Gasteiger partial charge is 0.251 e. The third-order valence-electron chi connectivity index (χ3n) is 3.83. The van der Waals surface area contributed by atoms with Gasteiger partial charge in [-0.2, -0.15) is 0 Å². The van der Waals surface area contributed by atoms with Crippen LogP contribution in [-0.4, -0.2) is 37.1 Å². The number of anilines is 1. The summed E-state index contributed by atoms with van der Waals surface area (Å²) in [4.78, 5) is 18.9. The number of amides is 1. The van der Waals surface area contributed by atoms with Crippen molar-refractivity contribution in [2.45, 2.75) is 12.5 Å². The minimum Gasteiger partial charge on any atom is -0.497 e. The number of benzene rings is 1. The van der Waals surface area contributed by atoms with Crippen LogP contribution in [0.4, 0.5) is 5.82 Å². The summed E-state index contributed by atoms with van der Waals surface area (Å²) in [5, 5.41) is 3.08. The molecule has 1 aromatic heterocycles. The summed E-state index contributed by atoms with van der Waals surface area (Å²) in [7, 11) is 1.60. The molecule has 1 aromatic carbocycles. The van der Waals surface area contributed by atoms with E-state index in [1.54, 1.807) is 25.4 Å². The van der Waals surface area contributed by atoms with Crippen molar-refractivity contribution in [3.63, 3.8) is 0 Å². The molecule has 2 aromatic rings. The molecule has 1 N–H and O–H groups in total. The second-order valence-corrected chi connectivity index (χ2v) is 5.32. The van der Waals surface area contributed by atoms with E-state index in [4.69, 9.17) is 4.74 Å². The van der Waals surface area contributed by atoms with E-state index < -0.39 is 0 Å². The van der Waals surface area contributed by atoms with Gasteiger partial charge in [0.2, 0.25) is 0 Å². The number of hydrogen-bond donors (Lipinski definition) is 1.